The highest BCUT2D eigenvalue weighted by Crippen LogP contribution is 2.43. The highest BCUT2D eigenvalue weighted by atomic mass is 16.5. The Morgan fingerprint density at radius 2 is 1.63 bits per heavy atom. The van der Waals surface area contributed by atoms with Crippen LogP contribution in [0.15, 0.2) is 72.3 Å². The van der Waals surface area contributed by atoms with E-state index in [-0.39, 0.29) is 11.3 Å². The Hall–Kier alpha value is -4.06. The van der Waals surface area contributed by atoms with Crippen LogP contribution in [-0.4, -0.2) is 30.5 Å². The lowest BCUT2D eigenvalue weighted by atomic mass is 9.94. The number of anilines is 1. The van der Waals surface area contributed by atoms with Gasteiger partial charge in [-0.1, -0.05) is 25.1 Å². The minimum absolute atomic E-state index is 0.0321. The van der Waals surface area contributed by atoms with Gasteiger partial charge in [0.1, 0.15) is 17.3 Å². The molecule has 1 aliphatic heterocycles. The van der Waals surface area contributed by atoms with Gasteiger partial charge in [0.25, 0.3) is 11.7 Å². The third kappa shape index (κ3) is 4.78. The van der Waals surface area contributed by atoms with Crippen molar-refractivity contribution in [2.75, 3.05) is 18.6 Å². The van der Waals surface area contributed by atoms with Crippen molar-refractivity contribution in [1.82, 2.24) is 0 Å². The number of aliphatic hydroxyl groups excluding tert-OH is 1. The van der Waals surface area contributed by atoms with Crippen LogP contribution in [0.25, 0.3) is 5.76 Å². The molecule has 1 saturated heterocycles. The normalized spacial score (nSPS) is 17.0. The molecule has 0 aliphatic carbocycles. The van der Waals surface area contributed by atoms with Crippen LogP contribution in [0.4, 0.5) is 5.69 Å². The molecular weight excluding hydrogens is 442 g/mol. The maximum absolute atomic E-state index is 13.4. The second-order valence-corrected chi connectivity index (χ2v) is 8.66. The van der Waals surface area contributed by atoms with Crippen LogP contribution in [-0.2, 0) is 9.59 Å². The summed E-state index contributed by atoms with van der Waals surface area (Å²) in [7, 11) is 1.56. The maximum Gasteiger partial charge on any atom is 0.300 e. The summed E-state index contributed by atoms with van der Waals surface area (Å²) < 4.78 is 11.0. The lowest BCUT2D eigenvalue weighted by molar-refractivity contribution is -0.132. The van der Waals surface area contributed by atoms with Crippen molar-refractivity contribution in [3.8, 4) is 11.5 Å². The third-order valence-electron chi connectivity index (χ3n) is 5.94. The molecule has 0 spiro atoms. The van der Waals surface area contributed by atoms with Gasteiger partial charge >= 0.3 is 0 Å². The van der Waals surface area contributed by atoms with Gasteiger partial charge in [0.15, 0.2) is 0 Å². The summed E-state index contributed by atoms with van der Waals surface area (Å²) in [5.74, 6) is -0.396. The van der Waals surface area contributed by atoms with Gasteiger partial charge < -0.3 is 14.6 Å². The van der Waals surface area contributed by atoms with Gasteiger partial charge in [-0.25, -0.2) is 0 Å². The molecule has 1 heterocycles. The zero-order valence-electron chi connectivity index (χ0n) is 20.4. The fourth-order valence-electron chi connectivity index (χ4n) is 4.40. The maximum atomic E-state index is 13.4. The predicted molar refractivity (Wildman–Crippen MR) is 136 cm³/mol. The number of Topliss-reactive ketones (excluding diaryl/α,β-unsaturated/α-hetero) is 1. The summed E-state index contributed by atoms with van der Waals surface area (Å²) in [6.07, 6.45) is 0.879. The van der Waals surface area contributed by atoms with Crippen LogP contribution >= 0.6 is 0 Å². The van der Waals surface area contributed by atoms with E-state index >= 15 is 0 Å². The molecule has 0 aromatic heterocycles. The number of ketones is 1. The first-order valence-corrected chi connectivity index (χ1v) is 11.6. The van der Waals surface area contributed by atoms with Gasteiger partial charge in [-0.2, -0.15) is 0 Å². The lowest BCUT2D eigenvalue weighted by Gasteiger charge is -2.26. The van der Waals surface area contributed by atoms with E-state index in [1.165, 1.54) is 4.90 Å². The van der Waals surface area contributed by atoms with Gasteiger partial charge in [-0.05, 0) is 85.5 Å². The Labute approximate surface area is 205 Å². The first-order chi connectivity index (χ1) is 16.8. The van der Waals surface area contributed by atoms with Crippen LogP contribution in [0.1, 0.15) is 41.6 Å². The average Bonchev–Trinajstić information content (AvgIpc) is 3.12. The van der Waals surface area contributed by atoms with E-state index in [9.17, 15) is 14.7 Å². The fraction of sp³-hybridized carbons (Fsp3) is 0.241. The molecule has 4 rings (SSSR count). The SMILES string of the molecule is CCCOc1ccc(/C(O)=C2\C(=O)C(=O)N(c3cc(C)cc(C)c3)C2c2cccc(OC)c2)cc1. The fourth-order valence-corrected chi connectivity index (χ4v) is 4.40. The van der Waals surface area contributed by atoms with Crippen molar-refractivity contribution in [1.29, 1.82) is 0 Å². The number of amides is 1. The van der Waals surface area contributed by atoms with Crippen LogP contribution in [0, 0.1) is 13.8 Å². The number of aliphatic hydroxyl groups is 1. The molecular formula is C29H29NO5. The molecule has 3 aromatic rings. The molecule has 1 aliphatic rings. The minimum atomic E-state index is -0.817. The van der Waals surface area contributed by atoms with Gasteiger partial charge in [0, 0.05) is 11.3 Å². The van der Waals surface area contributed by atoms with Gasteiger partial charge in [0.05, 0.1) is 25.3 Å². The number of aryl methyl sites for hydroxylation is 2. The van der Waals surface area contributed by atoms with E-state index < -0.39 is 17.7 Å². The molecule has 0 bridgehead atoms. The third-order valence-corrected chi connectivity index (χ3v) is 5.94. The van der Waals surface area contributed by atoms with E-state index in [1.54, 1.807) is 49.6 Å². The monoisotopic (exact) mass is 471 g/mol. The lowest BCUT2D eigenvalue weighted by Crippen LogP contribution is -2.29. The zero-order valence-corrected chi connectivity index (χ0v) is 20.4. The Morgan fingerprint density at radius 1 is 0.943 bits per heavy atom. The van der Waals surface area contributed by atoms with E-state index in [2.05, 4.69) is 0 Å². The summed E-state index contributed by atoms with van der Waals surface area (Å²) in [5, 5.41) is 11.3. The largest absolute Gasteiger partial charge is 0.507 e. The van der Waals surface area contributed by atoms with Gasteiger partial charge in [0.2, 0.25) is 0 Å². The Bertz CT molecular complexity index is 1270. The van der Waals surface area contributed by atoms with Crippen LogP contribution in [0.2, 0.25) is 0 Å². The summed E-state index contributed by atoms with van der Waals surface area (Å²) in [6.45, 7) is 6.49. The number of methoxy groups -OCH3 is 1. The van der Waals surface area contributed by atoms with E-state index in [4.69, 9.17) is 9.47 Å². The number of ether oxygens (including phenoxy) is 2. The second-order valence-electron chi connectivity index (χ2n) is 8.66. The topological polar surface area (TPSA) is 76.1 Å². The molecule has 0 radical (unpaired) electrons. The summed E-state index contributed by atoms with van der Waals surface area (Å²) in [4.78, 5) is 28.2. The molecule has 180 valence electrons. The molecule has 3 aromatic carbocycles. The smallest absolute Gasteiger partial charge is 0.300 e. The van der Waals surface area contributed by atoms with Gasteiger partial charge in [-0.3, -0.25) is 14.5 Å². The highest BCUT2D eigenvalue weighted by molar-refractivity contribution is 6.51. The molecule has 1 N–H and O–H groups in total. The number of hydrogen-bond donors (Lipinski definition) is 1. The van der Waals surface area contributed by atoms with Crippen molar-refractivity contribution in [3.63, 3.8) is 0 Å². The van der Waals surface area contributed by atoms with Crippen molar-refractivity contribution in [2.24, 2.45) is 0 Å². The standard InChI is InChI=1S/C29H29NO5/c1-5-13-35-23-11-9-20(10-12-23)27(31)25-26(21-7-6-8-24(17-21)34-4)30(29(33)28(25)32)22-15-18(2)14-19(3)16-22/h6-12,14-17,26,31H,5,13H2,1-4H3/b27-25+. The first kappa shape index (κ1) is 24.1. The number of nitrogens with zero attached hydrogens (tertiary/aromatic N) is 1. The minimum Gasteiger partial charge on any atom is -0.507 e. The van der Waals surface area contributed by atoms with E-state index in [0.29, 0.717) is 34.9 Å². The number of rotatable bonds is 7. The Morgan fingerprint density at radius 3 is 2.26 bits per heavy atom. The van der Waals surface area contributed by atoms with Crippen LogP contribution in [0.5, 0.6) is 11.5 Å². The number of benzene rings is 3. The number of carbonyl (C=O) groups is 2. The molecule has 6 heteroatoms. The van der Waals surface area contributed by atoms with Crippen molar-refractivity contribution >= 4 is 23.1 Å². The highest BCUT2D eigenvalue weighted by Gasteiger charge is 2.47. The Balaban J connectivity index is 1.88. The van der Waals surface area contributed by atoms with E-state index in [0.717, 1.165) is 17.5 Å². The van der Waals surface area contributed by atoms with Gasteiger partial charge in [-0.15, -0.1) is 0 Å². The number of hydrogen-bond acceptors (Lipinski definition) is 5. The molecule has 35 heavy (non-hydrogen) atoms. The quantitative estimate of drug-likeness (QED) is 0.271. The summed E-state index contributed by atoms with van der Waals surface area (Å²) in [5.41, 5.74) is 3.65. The molecule has 1 amide bonds. The molecule has 6 nitrogen and oxygen atoms in total. The van der Waals surface area contributed by atoms with Crippen molar-refractivity contribution < 1.29 is 24.2 Å². The van der Waals surface area contributed by atoms with Crippen LogP contribution in [0.3, 0.4) is 0 Å². The van der Waals surface area contributed by atoms with Crippen molar-refractivity contribution in [2.45, 2.75) is 33.2 Å². The summed E-state index contributed by atoms with van der Waals surface area (Å²) >= 11 is 0. The first-order valence-electron chi connectivity index (χ1n) is 11.6. The van der Waals surface area contributed by atoms with E-state index in [1.807, 2.05) is 45.0 Å². The molecule has 1 fully saturated rings. The van der Waals surface area contributed by atoms with Crippen LogP contribution < -0.4 is 14.4 Å². The Kier molecular flexibility index (Phi) is 6.92. The predicted octanol–water partition coefficient (Wildman–Crippen LogP) is 5.73. The molecule has 1 atom stereocenters. The summed E-state index contributed by atoms with van der Waals surface area (Å²) in [6, 6.07) is 19.0. The number of carbonyl (C=O) groups excluding carboxylic acids is 2. The molecule has 1 unspecified atom stereocenters. The molecule has 0 saturated carbocycles. The zero-order chi connectivity index (χ0) is 25.1. The average molecular weight is 472 g/mol. The van der Waals surface area contributed by atoms with Crippen molar-refractivity contribution in [3.05, 3.63) is 94.6 Å². The second kappa shape index (κ2) is 10.1.